The van der Waals surface area contributed by atoms with Crippen molar-refractivity contribution in [1.82, 2.24) is 0 Å². The fourth-order valence-corrected chi connectivity index (χ4v) is 4.32. The number of aryl methyl sites for hydroxylation is 1. The largest absolute Gasteiger partial charge is 0.462 e. The molecule has 0 heterocycles. The van der Waals surface area contributed by atoms with Crippen molar-refractivity contribution in [2.75, 3.05) is 24.6 Å². The maximum atomic E-state index is 13.2. The number of hydrogen-bond acceptors (Lipinski definition) is 11. The number of azo groups is 1. The minimum atomic E-state index is -4.93. The van der Waals surface area contributed by atoms with Crippen LogP contribution >= 0.6 is 0 Å². The first kappa shape index (κ1) is 30.7. The van der Waals surface area contributed by atoms with Crippen LogP contribution in [0.1, 0.15) is 35.7 Å². The van der Waals surface area contributed by atoms with E-state index >= 15 is 0 Å². The number of non-ortho nitro benzene ring substituents is 1. The summed E-state index contributed by atoms with van der Waals surface area (Å²) in [6.07, 6.45) is 1.20. The maximum Gasteiger partial charge on any atom is 0.338 e. The predicted octanol–water partition coefficient (Wildman–Crippen LogP) is 6.35. The van der Waals surface area contributed by atoms with Gasteiger partial charge in [0, 0.05) is 24.8 Å². The van der Waals surface area contributed by atoms with Crippen molar-refractivity contribution in [1.29, 1.82) is 0 Å². The molecule has 41 heavy (non-hydrogen) atoms. The number of ether oxygens (including phenoxy) is 1. The lowest BCUT2D eigenvalue weighted by Gasteiger charge is -2.23. The fraction of sp³-hybridized carbons (Fsp3) is 0.269. The van der Waals surface area contributed by atoms with E-state index in [1.165, 1.54) is 18.2 Å². The van der Waals surface area contributed by atoms with E-state index in [4.69, 9.17) is 4.74 Å². The van der Waals surface area contributed by atoms with E-state index in [0.29, 0.717) is 31.6 Å². The van der Waals surface area contributed by atoms with Gasteiger partial charge in [-0.3, -0.25) is 20.2 Å². The summed E-state index contributed by atoms with van der Waals surface area (Å²) in [6, 6.07) is 13.1. The molecule has 216 valence electrons. The molecule has 3 aromatic carbocycles. The zero-order valence-corrected chi connectivity index (χ0v) is 22.9. The van der Waals surface area contributed by atoms with Crippen molar-refractivity contribution >= 4 is 44.6 Å². The van der Waals surface area contributed by atoms with Crippen molar-refractivity contribution in [3.63, 3.8) is 0 Å². The van der Waals surface area contributed by atoms with Crippen molar-refractivity contribution < 1.29 is 31.7 Å². The average Bonchev–Trinajstić information content (AvgIpc) is 2.93. The molecule has 0 bridgehead atoms. The van der Waals surface area contributed by atoms with Gasteiger partial charge < -0.3 is 9.64 Å². The molecule has 0 spiro atoms. The summed E-state index contributed by atoms with van der Waals surface area (Å²) in [4.78, 5) is 34.4. The van der Waals surface area contributed by atoms with Crippen LogP contribution in [-0.2, 0) is 15.0 Å². The number of nitro groups is 2. The number of benzene rings is 3. The zero-order valence-electron chi connectivity index (χ0n) is 22.1. The number of halogens is 1. The normalized spacial score (nSPS) is 11.4. The minimum Gasteiger partial charge on any atom is -0.462 e. The SMILES string of the molecule is CCN(CCCCOC(=O)c1cccc(S(=O)(=O)F)c1)c1ccc(N=Nc2ccc([N+](=O)[O-])cc2[N+](=O)[O-])c(C)c1. The lowest BCUT2D eigenvalue weighted by atomic mass is 10.1. The fourth-order valence-electron chi connectivity index (χ4n) is 3.81. The van der Waals surface area contributed by atoms with E-state index in [2.05, 4.69) is 15.1 Å². The van der Waals surface area contributed by atoms with Crippen LogP contribution in [0.2, 0.25) is 0 Å². The van der Waals surface area contributed by atoms with Gasteiger partial charge in [-0.1, -0.05) is 6.07 Å². The summed E-state index contributed by atoms with van der Waals surface area (Å²) in [5, 5.41) is 30.3. The van der Waals surface area contributed by atoms with Crippen LogP contribution in [0.5, 0.6) is 0 Å². The minimum absolute atomic E-state index is 0.0604. The Hall–Kier alpha value is -4.79. The summed E-state index contributed by atoms with van der Waals surface area (Å²) >= 11 is 0. The highest BCUT2D eigenvalue weighted by Crippen LogP contribution is 2.33. The van der Waals surface area contributed by atoms with Gasteiger partial charge in [0.05, 0.1) is 38.7 Å². The van der Waals surface area contributed by atoms with Gasteiger partial charge >= 0.3 is 21.9 Å². The van der Waals surface area contributed by atoms with Crippen molar-refractivity contribution in [2.24, 2.45) is 10.2 Å². The van der Waals surface area contributed by atoms with Gasteiger partial charge in [0.1, 0.15) is 0 Å². The van der Waals surface area contributed by atoms with E-state index in [9.17, 15) is 37.3 Å². The highest BCUT2D eigenvalue weighted by Gasteiger charge is 2.20. The quantitative estimate of drug-likeness (QED) is 0.0551. The summed E-state index contributed by atoms with van der Waals surface area (Å²) in [5.41, 5.74) is 0.993. The smallest absolute Gasteiger partial charge is 0.338 e. The Labute approximate surface area is 234 Å². The van der Waals surface area contributed by atoms with Gasteiger partial charge in [-0.05, 0) is 74.7 Å². The Balaban J connectivity index is 1.57. The van der Waals surface area contributed by atoms with E-state index in [0.717, 1.165) is 35.5 Å². The Bertz CT molecular complexity index is 1600. The lowest BCUT2D eigenvalue weighted by molar-refractivity contribution is -0.393. The van der Waals surface area contributed by atoms with E-state index in [1.807, 2.05) is 19.1 Å². The number of carbonyl (C=O) groups is 1. The molecule has 0 aromatic heterocycles. The number of carbonyl (C=O) groups excluding carboxylic acids is 1. The van der Waals surface area contributed by atoms with Crippen LogP contribution in [0.3, 0.4) is 0 Å². The highest BCUT2D eigenvalue weighted by atomic mass is 32.3. The number of anilines is 1. The Morgan fingerprint density at radius 2 is 1.68 bits per heavy atom. The monoisotopic (exact) mass is 587 g/mol. The summed E-state index contributed by atoms with van der Waals surface area (Å²) in [6.45, 7) is 5.19. The van der Waals surface area contributed by atoms with Gasteiger partial charge in [-0.2, -0.15) is 13.5 Å². The molecular weight excluding hydrogens is 561 g/mol. The third-order valence-electron chi connectivity index (χ3n) is 5.97. The molecule has 0 aliphatic carbocycles. The number of nitro benzene ring substituents is 2. The Morgan fingerprint density at radius 1 is 0.976 bits per heavy atom. The Kier molecular flexibility index (Phi) is 10.1. The molecule has 0 N–H and O–H groups in total. The third-order valence-corrected chi connectivity index (χ3v) is 6.78. The van der Waals surface area contributed by atoms with E-state index < -0.39 is 42.3 Å². The number of hydrogen-bond donors (Lipinski definition) is 0. The maximum absolute atomic E-state index is 13.2. The van der Waals surface area contributed by atoms with Crippen LogP contribution < -0.4 is 4.90 Å². The van der Waals surface area contributed by atoms with Crippen LogP contribution in [0, 0.1) is 27.2 Å². The molecule has 13 nitrogen and oxygen atoms in total. The molecule has 15 heteroatoms. The number of rotatable bonds is 13. The molecule has 0 saturated heterocycles. The molecule has 0 saturated carbocycles. The predicted molar refractivity (Wildman–Crippen MR) is 147 cm³/mol. The van der Waals surface area contributed by atoms with Crippen molar-refractivity contribution in [3.05, 3.63) is 92.0 Å². The second-order valence-electron chi connectivity index (χ2n) is 8.75. The van der Waals surface area contributed by atoms with E-state index in [-0.39, 0.29) is 17.9 Å². The van der Waals surface area contributed by atoms with Crippen LogP contribution in [-0.4, -0.2) is 43.9 Å². The molecule has 0 unspecified atom stereocenters. The molecular formula is C26H26FN5O8S. The van der Waals surface area contributed by atoms with E-state index in [1.54, 1.807) is 13.0 Å². The van der Waals surface area contributed by atoms with Crippen LogP contribution in [0.15, 0.2) is 75.8 Å². The van der Waals surface area contributed by atoms with Crippen molar-refractivity contribution in [3.8, 4) is 0 Å². The summed E-state index contributed by atoms with van der Waals surface area (Å²) in [5.74, 6) is -0.748. The second kappa shape index (κ2) is 13.5. The molecule has 0 radical (unpaired) electrons. The number of nitrogens with zero attached hydrogens (tertiary/aromatic N) is 5. The van der Waals surface area contributed by atoms with Crippen LogP contribution in [0.4, 0.5) is 32.3 Å². The first-order chi connectivity index (χ1) is 19.4. The molecule has 0 amide bonds. The number of unbranched alkanes of at least 4 members (excludes halogenated alkanes) is 1. The molecule has 0 aliphatic rings. The average molecular weight is 588 g/mol. The topological polar surface area (TPSA) is 175 Å². The molecule has 3 aromatic rings. The summed E-state index contributed by atoms with van der Waals surface area (Å²) in [7, 11) is -4.93. The molecule has 0 aliphatic heterocycles. The number of esters is 1. The Morgan fingerprint density at radius 3 is 2.32 bits per heavy atom. The molecule has 3 rings (SSSR count). The lowest BCUT2D eigenvalue weighted by Crippen LogP contribution is -2.24. The first-order valence-electron chi connectivity index (χ1n) is 12.3. The standard InChI is InChI=1S/C26H26FN5O8S/c1-3-30(13-4-5-14-40-26(33)19-7-6-8-22(16-19)41(27,38)39)20-9-11-23(18(2)15-20)28-29-24-12-10-21(31(34)35)17-25(24)32(36)37/h6-12,15-17H,3-5,13-14H2,1-2H3. The van der Waals surface area contributed by atoms with Gasteiger partial charge in [0.2, 0.25) is 0 Å². The zero-order chi connectivity index (χ0) is 30.2. The molecule has 0 fully saturated rings. The first-order valence-corrected chi connectivity index (χ1v) is 13.7. The van der Waals surface area contributed by atoms with Crippen molar-refractivity contribution in [2.45, 2.75) is 31.6 Å². The molecule has 0 atom stereocenters. The van der Waals surface area contributed by atoms with Crippen LogP contribution in [0.25, 0.3) is 0 Å². The summed E-state index contributed by atoms with van der Waals surface area (Å²) < 4.78 is 40.4. The van der Waals surface area contributed by atoms with Gasteiger partial charge in [0.25, 0.3) is 5.69 Å². The second-order valence-corrected chi connectivity index (χ2v) is 10.1. The third kappa shape index (κ3) is 8.35. The van der Waals surface area contributed by atoms with Gasteiger partial charge in [0.15, 0.2) is 5.69 Å². The van der Waals surface area contributed by atoms with Gasteiger partial charge in [-0.15, -0.1) is 9.00 Å². The highest BCUT2D eigenvalue weighted by molar-refractivity contribution is 7.86. The van der Waals surface area contributed by atoms with Gasteiger partial charge in [-0.25, -0.2) is 4.79 Å².